The molecule has 2 heterocycles. The molecule has 21 heavy (non-hydrogen) atoms. The minimum absolute atomic E-state index is 0.204. The van der Waals surface area contributed by atoms with E-state index in [1.165, 1.54) is 10.2 Å². The molecule has 0 saturated carbocycles. The fourth-order valence-electron chi connectivity index (χ4n) is 2.86. The number of nitrogens with zero attached hydrogens (tertiary/aromatic N) is 3. The van der Waals surface area contributed by atoms with Gasteiger partial charge in [0.25, 0.3) is 0 Å². The predicted octanol–water partition coefficient (Wildman–Crippen LogP) is 3.05. The molecule has 0 unspecified atom stereocenters. The van der Waals surface area contributed by atoms with Crippen LogP contribution in [-0.4, -0.2) is 19.9 Å². The quantitative estimate of drug-likeness (QED) is 0.743. The van der Waals surface area contributed by atoms with Gasteiger partial charge in [0.15, 0.2) is 5.82 Å². The highest BCUT2D eigenvalue weighted by molar-refractivity contribution is 5.71. The van der Waals surface area contributed by atoms with Crippen molar-refractivity contribution in [2.24, 2.45) is 0 Å². The molecule has 0 bridgehead atoms. The third-order valence-corrected chi connectivity index (χ3v) is 3.99. The average Bonchev–Trinajstić information content (AvgIpc) is 2.86. The summed E-state index contributed by atoms with van der Waals surface area (Å²) in [5.74, 6) is 0.848. The Balaban J connectivity index is 1.91. The molecule has 0 atom stereocenters. The van der Waals surface area contributed by atoms with Crippen molar-refractivity contribution in [2.75, 3.05) is 0 Å². The second kappa shape index (κ2) is 4.45. The zero-order valence-electron chi connectivity index (χ0n) is 11.7. The van der Waals surface area contributed by atoms with Crippen LogP contribution in [0.4, 0.5) is 0 Å². The monoisotopic (exact) mass is 277 g/mol. The minimum Gasteiger partial charge on any atom is -0.493 e. The molecule has 0 radical (unpaired) electrons. The Morgan fingerprint density at radius 3 is 2.76 bits per heavy atom. The molecule has 0 spiro atoms. The van der Waals surface area contributed by atoms with Crippen molar-refractivity contribution in [3.8, 4) is 23.0 Å². The minimum atomic E-state index is 0.204. The summed E-state index contributed by atoms with van der Waals surface area (Å²) in [6, 6.07) is 12.1. The lowest BCUT2D eigenvalue weighted by Crippen LogP contribution is -2.02. The number of rotatable bonds is 1. The van der Waals surface area contributed by atoms with E-state index in [2.05, 4.69) is 22.2 Å². The van der Waals surface area contributed by atoms with Crippen LogP contribution in [0.3, 0.4) is 0 Å². The third kappa shape index (κ3) is 1.83. The summed E-state index contributed by atoms with van der Waals surface area (Å²) in [5, 5.41) is 15.1. The Morgan fingerprint density at radius 2 is 1.95 bits per heavy atom. The molecule has 0 saturated heterocycles. The summed E-state index contributed by atoms with van der Waals surface area (Å²) in [7, 11) is 0. The molecule has 4 nitrogen and oxygen atoms in total. The Labute approximate surface area is 122 Å². The van der Waals surface area contributed by atoms with E-state index in [9.17, 15) is 5.11 Å². The molecule has 0 aliphatic heterocycles. The van der Waals surface area contributed by atoms with E-state index in [1.807, 2.05) is 31.2 Å². The first-order valence-electron chi connectivity index (χ1n) is 7.06. The van der Waals surface area contributed by atoms with Crippen LogP contribution in [0.5, 0.6) is 5.88 Å². The summed E-state index contributed by atoms with van der Waals surface area (Å²) in [4.78, 5) is 4.35. The number of hydrogen-bond acceptors (Lipinski definition) is 3. The van der Waals surface area contributed by atoms with Crippen LogP contribution in [0.15, 0.2) is 42.6 Å². The van der Waals surface area contributed by atoms with Gasteiger partial charge in [-0.2, -0.15) is 9.78 Å². The maximum absolute atomic E-state index is 10.5. The zero-order valence-corrected chi connectivity index (χ0v) is 11.7. The topological polar surface area (TPSA) is 50.9 Å². The van der Waals surface area contributed by atoms with Crippen molar-refractivity contribution in [1.82, 2.24) is 14.8 Å². The summed E-state index contributed by atoms with van der Waals surface area (Å²) < 4.78 is 1.53. The van der Waals surface area contributed by atoms with Crippen molar-refractivity contribution in [2.45, 2.75) is 19.8 Å². The van der Waals surface area contributed by atoms with Crippen LogP contribution in [-0.2, 0) is 12.8 Å². The van der Waals surface area contributed by atoms with Gasteiger partial charge >= 0.3 is 0 Å². The molecule has 0 amide bonds. The van der Waals surface area contributed by atoms with Gasteiger partial charge < -0.3 is 5.11 Å². The van der Waals surface area contributed by atoms with E-state index in [0.717, 1.165) is 35.2 Å². The second-order valence-electron chi connectivity index (χ2n) is 5.41. The van der Waals surface area contributed by atoms with Crippen LogP contribution in [0, 0.1) is 6.92 Å². The molecule has 0 fully saturated rings. The number of fused-ring (bicyclic) bond motifs is 3. The van der Waals surface area contributed by atoms with E-state index < -0.39 is 0 Å². The van der Waals surface area contributed by atoms with E-state index in [4.69, 9.17) is 0 Å². The van der Waals surface area contributed by atoms with Crippen LogP contribution < -0.4 is 0 Å². The first-order chi connectivity index (χ1) is 10.2. The van der Waals surface area contributed by atoms with Crippen LogP contribution >= 0.6 is 0 Å². The maximum atomic E-state index is 10.5. The van der Waals surface area contributed by atoms with Gasteiger partial charge in [0, 0.05) is 17.3 Å². The van der Waals surface area contributed by atoms with Gasteiger partial charge in [-0.3, -0.25) is 0 Å². The van der Waals surface area contributed by atoms with Crippen LogP contribution in [0.25, 0.3) is 17.1 Å². The van der Waals surface area contributed by atoms with E-state index in [-0.39, 0.29) is 5.88 Å². The number of aryl methyl sites for hydroxylation is 2. The molecule has 1 aliphatic rings. The third-order valence-electron chi connectivity index (χ3n) is 3.99. The second-order valence-corrected chi connectivity index (χ2v) is 5.41. The lowest BCUT2D eigenvalue weighted by atomic mass is 9.90. The van der Waals surface area contributed by atoms with Crippen molar-refractivity contribution in [3.63, 3.8) is 0 Å². The van der Waals surface area contributed by atoms with E-state index in [1.54, 1.807) is 6.20 Å². The predicted molar refractivity (Wildman–Crippen MR) is 80.6 cm³/mol. The van der Waals surface area contributed by atoms with Crippen molar-refractivity contribution in [3.05, 3.63) is 59.3 Å². The summed E-state index contributed by atoms with van der Waals surface area (Å²) in [6.07, 6.45) is 3.52. The molecule has 1 N–H and O–H groups in total. The normalized spacial score (nSPS) is 12.8. The Hall–Kier alpha value is -2.62. The van der Waals surface area contributed by atoms with E-state index >= 15 is 0 Å². The highest BCUT2D eigenvalue weighted by atomic mass is 16.3. The van der Waals surface area contributed by atoms with E-state index in [0.29, 0.717) is 5.82 Å². The van der Waals surface area contributed by atoms with Gasteiger partial charge in [-0.1, -0.05) is 30.3 Å². The molecular weight excluding hydrogens is 262 g/mol. The average molecular weight is 277 g/mol. The fourth-order valence-corrected chi connectivity index (χ4v) is 2.86. The lowest BCUT2D eigenvalue weighted by Gasteiger charge is -2.14. The van der Waals surface area contributed by atoms with Gasteiger partial charge in [0.2, 0.25) is 5.88 Å². The maximum Gasteiger partial charge on any atom is 0.219 e. The Kier molecular flexibility index (Phi) is 2.57. The highest BCUT2D eigenvalue weighted by Crippen LogP contribution is 2.37. The molecule has 1 aromatic carbocycles. The number of aromatic nitrogens is 3. The smallest absolute Gasteiger partial charge is 0.219 e. The van der Waals surface area contributed by atoms with Crippen LogP contribution in [0.2, 0.25) is 0 Å². The summed E-state index contributed by atoms with van der Waals surface area (Å²) >= 11 is 0. The number of hydrogen-bond donors (Lipinski definition) is 1. The van der Waals surface area contributed by atoms with Gasteiger partial charge in [0.1, 0.15) is 5.69 Å². The Morgan fingerprint density at radius 1 is 1.10 bits per heavy atom. The highest BCUT2D eigenvalue weighted by Gasteiger charge is 2.25. The van der Waals surface area contributed by atoms with Crippen molar-refractivity contribution in [1.29, 1.82) is 0 Å². The molecule has 4 heteroatoms. The molecule has 3 aromatic rings. The summed E-state index contributed by atoms with van der Waals surface area (Å²) in [6.45, 7) is 1.99. The number of benzene rings is 1. The first-order valence-corrected chi connectivity index (χ1v) is 7.06. The molecule has 2 aromatic heterocycles. The first kappa shape index (κ1) is 12.1. The van der Waals surface area contributed by atoms with Gasteiger partial charge in [0.05, 0.1) is 0 Å². The van der Waals surface area contributed by atoms with Gasteiger partial charge in [-0.05, 0) is 37.0 Å². The largest absolute Gasteiger partial charge is 0.493 e. The standard InChI is InChI=1S/C17H15N3O/c1-11-6-9-15(18-10-11)20-17(21)14-8-7-12-4-2-3-5-13(12)16(14)19-20/h2-6,9-10,21H,7-8H2,1H3. The molecule has 1 aliphatic carbocycles. The lowest BCUT2D eigenvalue weighted by molar-refractivity contribution is 0.426. The van der Waals surface area contributed by atoms with Crippen molar-refractivity contribution < 1.29 is 5.11 Å². The fraction of sp³-hybridized carbons (Fsp3) is 0.176. The number of aromatic hydroxyl groups is 1. The SMILES string of the molecule is Cc1ccc(-n2nc3c(c2O)CCc2ccccc2-3)nc1. The Bertz CT molecular complexity index is 819. The zero-order chi connectivity index (χ0) is 14.4. The molecule has 104 valence electrons. The molecule has 4 rings (SSSR count). The van der Waals surface area contributed by atoms with Gasteiger partial charge in [-0.15, -0.1) is 0 Å². The number of pyridine rings is 1. The van der Waals surface area contributed by atoms with Gasteiger partial charge in [-0.25, -0.2) is 4.98 Å². The van der Waals surface area contributed by atoms with Crippen LogP contribution in [0.1, 0.15) is 16.7 Å². The molecular formula is C17H15N3O. The van der Waals surface area contributed by atoms with Crippen molar-refractivity contribution >= 4 is 0 Å². The summed E-state index contributed by atoms with van der Waals surface area (Å²) in [5.41, 5.74) is 5.26.